The van der Waals surface area contributed by atoms with Crippen molar-refractivity contribution in [2.75, 3.05) is 37.4 Å². The summed E-state index contributed by atoms with van der Waals surface area (Å²) < 4.78 is 0. The van der Waals surface area contributed by atoms with Crippen molar-refractivity contribution in [3.8, 4) is 0 Å². The van der Waals surface area contributed by atoms with E-state index in [9.17, 15) is 4.79 Å². The summed E-state index contributed by atoms with van der Waals surface area (Å²) in [6.07, 6.45) is 3.88. The van der Waals surface area contributed by atoms with Crippen molar-refractivity contribution >= 4 is 23.0 Å². The summed E-state index contributed by atoms with van der Waals surface area (Å²) in [6, 6.07) is 11.9. The number of pyridine rings is 1. The molecule has 0 bridgehead atoms. The van der Waals surface area contributed by atoms with E-state index in [2.05, 4.69) is 34.3 Å². The number of anilines is 3. The molecule has 1 N–H and O–H groups in total. The maximum atomic E-state index is 12.5. The van der Waals surface area contributed by atoms with Crippen LogP contribution in [0.2, 0.25) is 0 Å². The van der Waals surface area contributed by atoms with E-state index in [1.165, 1.54) is 0 Å². The molecule has 0 spiro atoms. The van der Waals surface area contributed by atoms with Crippen molar-refractivity contribution in [2.45, 2.75) is 19.8 Å². The predicted molar refractivity (Wildman–Crippen MR) is 103 cm³/mol. The zero-order valence-corrected chi connectivity index (χ0v) is 15.2. The van der Waals surface area contributed by atoms with Gasteiger partial charge in [-0.05, 0) is 55.2 Å². The molecule has 2 heterocycles. The van der Waals surface area contributed by atoms with E-state index in [0.29, 0.717) is 11.6 Å². The van der Waals surface area contributed by atoms with Crippen LogP contribution in [-0.2, 0) is 0 Å². The first-order chi connectivity index (χ1) is 12.0. The molecule has 25 heavy (non-hydrogen) atoms. The lowest BCUT2D eigenvalue weighted by Gasteiger charge is -2.30. The Hall–Kier alpha value is -2.56. The number of aromatic nitrogens is 1. The number of carbonyl (C=O) groups excluding carboxylic acids is 1. The van der Waals surface area contributed by atoms with E-state index in [4.69, 9.17) is 0 Å². The van der Waals surface area contributed by atoms with Gasteiger partial charge in [0.15, 0.2) is 0 Å². The fourth-order valence-corrected chi connectivity index (χ4v) is 2.98. The quantitative estimate of drug-likeness (QED) is 0.922. The van der Waals surface area contributed by atoms with Crippen molar-refractivity contribution in [1.29, 1.82) is 0 Å². The van der Waals surface area contributed by atoms with Gasteiger partial charge in [-0.3, -0.25) is 4.79 Å². The van der Waals surface area contributed by atoms with Crippen LogP contribution in [0.3, 0.4) is 0 Å². The highest BCUT2D eigenvalue weighted by Gasteiger charge is 2.22. The van der Waals surface area contributed by atoms with E-state index in [1.54, 1.807) is 12.3 Å². The highest BCUT2D eigenvalue weighted by atomic mass is 16.2. The number of nitrogens with zero attached hydrogens (tertiary/aromatic N) is 3. The van der Waals surface area contributed by atoms with Gasteiger partial charge >= 0.3 is 0 Å². The molecular weight excluding hydrogens is 312 g/mol. The highest BCUT2D eigenvalue weighted by Crippen LogP contribution is 2.21. The van der Waals surface area contributed by atoms with Gasteiger partial charge in [-0.25, -0.2) is 4.98 Å². The number of nitrogens with one attached hydrogen (secondary N) is 1. The first-order valence-electron chi connectivity index (χ1n) is 8.82. The SMILES string of the molecule is CC1CCN(C(=O)c2ccc(Nc3ccc(N(C)C)cc3)cn2)CC1. The van der Waals surface area contributed by atoms with Crippen molar-refractivity contribution < 1.29 is 4.79 Å². The summed E-state index contributed by atoms with van der Waals surface area (Å²) in [5.74, 6) is 0.747. The third-order valence-electron chi connectivity index (χ3n) is 4.73. The number of rotatable bonds is 4. The highest BCUT2D eigenvalue weighted by molar-refractivity contribution is 5.92. The molecule has 0 radical (unpaired) electrons. The van der Waals surface area contributed by atoms with Gasteiger partial charge in [-0.1, -0.05) is 6.92 Å². The van der Waals surface area contributed by atoms with Crippen LogP contribution in [0, 0.1) is 5.92 Å². The van der Waals surface area contributed by atoms with Crippen LogP contribution >= 0.6 is 0 Å². The van der Waals surface area contributed by atoms with E-state index in [0.717, 1.165) is 43.0 Å². The van der Waals surface area contributed by atoms with Gasteiger partial charge < -0.3 is 15.1 Å². The summed E-state index contributed by atoms with van der Waals surface area (Å²) >= 11 is 0. The van der Waals surface area contributed by atoms with Crippen LogP contribution in [0.4, 0.5) is 17.1 Å². The molecule has 3 rings (SSSR count). The smallest absolute Gasteiger partial charge is 0.272 e. The number of carbonyl (C=O) groups is 1. The van der Waals surface area contributed by atoms with Gasteiger partial charge in [-0.2, -0.15) is 0 Å². The van der Waals surface area contributed by atoms with Gasteiger partial charge in [0.05, 0.1) is 11.9 Å². The summed E-state index contributed by atoms with van der Waals surface area (Å²) in [7, 11) is 4.04. The summed E-state index contributed by atoms with van der Waals surface area (Å²) in [6.45, 7) is 3.91. The number of hydrogen-bond acceptors (Lipinski definition) is 4. The van der Waals surface area contributed by atoms with Crippen LogP contribution in [0.15, 0.2) is 42.6 Å². The Morgan fingerprint density at radius 3 is 2.28 bits per heavy atom. The Morgan fingerprint density at radius 2 is 1.72 bits per heavy atom. The zero-order valence-electron chi connectivity index (χ0n) is 15.2. The molecule has 1 fully saturated rings. The molecule has 1 aromatic heterocycles. The fraction of sp³-hybridized carbons (Fsp3) is 0.400. The maximum Gasteiger partial charge on any atom is 0.272 e. The molecule has 1 aromatic carbocycles. The number of hydrogen-bond donors (Lipinski definition) is 1. The van der Waals surface area contributed by atoms with E-state index in [-0.39, 0.29) is 5.91 Å². The molecule has 2 aromatic rings. The average molecular weight is 338 g/mol. The molecule has 1 amide bonds. The molecule has 5 heteroatoms. The first kappa shape index (κ1) is 17.3. The van der Waals surface area contributed by atoms with Crippen LogP contribution in [0.25, 0.3) is 0 Å². The third kappa shape index (κ3) is 4.29. The predicted octanol–water partition coefficient (Wildman–Crippen LogP) is 3.76. The number of piperidine rings is 1. The molecule has 0 unspecified atom stereocenters. The summed E-state index contributed by atoms with van der Waals surface area (Å²) in [4.78, 5) is 20.8. The molecule has 0 aliphatic carbocycles. The van der Waals surface area contributed by atoms with Gasteiger partial charge in [0.2, 0.25) is 0 Å². The lowest BCUT2D eigenvalue weighted by Crippen LogP contribution is -2.38. The monoisotopic (exact) mass is 338 g/mol. The van der Waals surface area contributed by atoms with Gasteiger partial charge in [0, 0.05) is 38.6 Å². The summed E-state index contributed by atoms with van der Waals surface area (Å²) in [5, 5.41) is 3.32. The fourth-order valence-electron chi connectivity index (χ4n) is 2.98. The topological polar surface area (TPSA) is 48.5 Å². The molecule has 5 nitrogen and oxygen atoms in total. The zero-order chi connectivity index (χ0) is 17.8. The lowest BCUT2D eigenvalue weighted by atomic mass is 9.99. The van der Waals surface area contributed by atoms with Crippen LogP contribution < -0.4 is 10.2 Å². The van der Waals surface area contributed by atoms with Crippen LogP contribution in [-0.4, -0.2) is 43.0 Å². The van der Waals surface area contributed by atoms with E-state index in [1.807, 2.05) is 37.2 Å². The van der Waals surface area contributed by atoms with Gasteiger partial charge in [-0.15, -0.1) is 0 Å². The van der Waals surface area contributed by atoms with Crippen LogP contribution in [0.5, 0.6) is 0 Å². The Kier molecular flexibility index (Phi) is 5.22. The molecule has 1 saturated heterocycles. The minimum absolute atomic E-state index is 0.0359. The summed E-state index contributed by atoms with van der Waals surface area (Å²) in [5.41, 5.74) is 3.54. The second kappa shape index (κ2) is 7.55. The van der Waals surface area contributed by atoms with Crippen molar-refractivity contribution in [1.82, 2.24) is 9.88 Å². The number of benzene rings is 1. The lowest BCUT2D eigenvalue weighted by molar-refractivity contribution is 0.0691. The van der Waals surface area contributed by atoms with Crippen molar-refractivity contribution in [3.05, 3.63) is 48.3 Å². The molecule has 0 atom stereocenters. The Morgan fingerprint density at radius 1 is 1.08 bits per heavy atom. The van der Waals surface area contributed by atoms with E-state index >= 15 is 0 Å². The largest absolute Gasteiger partial charge is 0.378 e. The van der Waals surface area contributed by atoms with E-state index < -0.39 is 0 Å². The van der Waals surface area contributed by atoms with Crippen LogP contribution in [0.1, 0.15) is 30.3 Å². The second-order valence-corrected chi connectivity index (χ2v) is 6.97. The van der Waals surface area contributed by atoms with Crippen molar-refractivity contribution in [2.24, 2.45) is 5.92 Å². The Bertz CT molecular complexity index is 701. The Balaban J connectivity index is 1.62. The standard InChI is InChI=1S/C20H26N4O/c1-15-10-12-24(13-11-15)20(25)19-9-6-17(14-21-19)22-16-4-7-18(8-5-16)23(2)3/h4-9,14-15,22H,10-13H2,1-3H3. The maximum absolute atomic E-state index is 12.5. The minimum atomic E-state index is 0.0359. The average Bonchev–Trinajstić information content (AvgIpc) is 2.63. The van der Waals surface area contributed by atoms with Crippen molar-refractivity contribution in [3.63, 3.8) is 0 Å². The number of likely N-dealkylation sites (tertiary alicyclic amines) is 1. The second-order valence-electron chi connectivity index (χ2n) is 6.97. The minimum Gasteiger partial charge on any atom is -0.378 e. The Labute approximate surface area is 149 Å². The molecule has 1 aliphatic heterocycles. The third-order valence-corrected chi connectivity index (χ3v) is 4.73. The molecule has 0 saturated carbocycles. The van der Waals surface area contributed by atoms with Gasteiger partial charge in [0.25, 0.3) is 5.91 Å². The molecule has 132 valence electrons. The first-order valence-corrected chi connectivity index (χ1v) is 8.82. The molecular formula is C20H26N4O. The van der Waals surface area contributed by atoms with Gasteiger partial charge in [0.1, 0.15) is 5.69 Å². The molecule has 1 aliphatic rings. The number of amides is 1. The normalized spacial score (nSPS) is 15.1.